The molecule has 108 valence electrons. The van der Waals surface area contributed by atoms with Crippen LogP contribution in [0.1, 0.15) is 10.4 Å². The minimum Gasteiger partial charge on any atom is -0.383 e. The molecule has 0 heterocycles. The average Bonchev–Trinajstić information content (AvgIpc) is 2.33. The molecule has 0 aliphatic carbocycles. The molecule has 7 heteroatoms. The summed E-state index contributed by atoms with van der Waals surface area (Å²) in [6.07, 6.45) is 0. The third-order valence-electron chi connectivity index (χ3n) is 2.26. The Morgan fingerprint density at radius 1 is 1.37 bits per heavy atom. The fourth-order valence-electron chi connectivity index (χ4n) is 1.37. The Balaban J connectivity index is 0.00000324. The fraction of sp³-hybridized carbons (Fsp3) is 0.417. The van der Waals surface area contributed by atoms with Crippen molar-refractivity contribution in [2.75, 3.05) is 33.4 Å². The summed E-state index contributed by atoms with van der Waals surface area (Å²) < 4.78 is 18.3. The van der Waals surface area contributed by atoms with E-state index in [0.717, 1.165) is 0 Å². The first-order chi connectivity index (χ1) is 8.66. The van der Waals surface area contributed by atoms with Crippen molar-refractivity contribution in [1.82, 2.24) is 10.6 Å². The monoisotopic (exact) mass is 310 g/mol. The lowest BCUT2D eigenvalue weighted by atomic mass is 10.2. The topological polar surface area (TPSA) is 50.4 Å². The molecule has 0 aliphatic rings. The van der Waals surface area contributed by atoms with Crippen molar-refractivity contribution in [3.63, 3.8) is 0 Å². The Labute approximate surface area is 123 Å². The highest BCUT2D eigenvalue weighted by Gasteiger charge is 2.14. The van der Waals surface area contributed by atoms with Crippen LogP contribution < -0.4 is 10.6 Å². The molecule has 0 saturated heterocycles. The Bertz CT molecular complexity index is 385. The van der Waals surface area contributed by atoms with E-state index in [1.165, 1.54) is 18.2 Å². The van der Waals surface area contributed by atoms with E-state index >= 15 is 0 Å². The predicted octanol–water partition coefficient (Wildman–Crippen LogP) is 1.87. The van der Waals surface area contributed by atoms with Crippen LogP contribution in [0.4, 0.5) is 4.39 Å². The van der Waals surface area contributed by atoms with E-state index in [9.17, 15) is 9.18 Å². The SMILES string of the molecule is COCCNCCNC(=O)c1c(F)cccc1Cl.Cl. The van der Waals surface area contributed by atoms with Crippen LogP contribution in [-0.2, 0) is 4.74 Å². The highest BCUT2D eigenvalue weighted by molar-refractivity contribution is 6.33. The van der Waals surface area contributed by atoms with E-state index in [0.29, 0.717) is 26.2 Å². The smallest absolute Gasteiger partial charge is 0.255 e. The van der Waals surface area contributed by atoms with Gasteiger partial charge in [0.05, 0.1) is 17.2 Å². The van der Waals surface area contributed by atoms with Crippen LogP contribution in [0.5, 0.6) is 0 Å². The molecule has 2 N–H and O–H groups in total. The second-order valence-electron chi connectivity index (χ2n) is 3.60. The number of hydrogen-bond acceptors (Lipinski definition) is 3. The van der Waals surface area contributed by atoms with Gasteiger partial charge >= 0.3 is 0 Å². The van der Waals surface area contributed by atoms with Gasteiger partial charge in [0.25, 0.3) is 5.91 Å². The van der Waals surface area contributed by atoms with Gasteiger partial charge < -0.3 is 15.4 Å². The lowest BCUT2D eigenvalue weighted by Gasteiger charge is -2.08. The number of hydrogen-bond donors (Lipinski definition) is 2. The quantitative estimate of drug-likeness (QED) is 0.756. The summed E-state index contributed by atoms with van der Waals surface area (Å²) in [4.78, 5) is 11.7. The van der Waals surface area contributed by atoms with Crippen molar-refractivity contribution in [2.45, 2.75) is 0 Å². The molecule has 0 unspecified atom stereocenters. The fourth-order valence-corrected chi connectivity index (χ4v) is 1.62. The molecule has 0 radical (unpaired) electrons. The third-order valence-corrected chi connectivity index (χ3v) is 2.58. The molecule has 0 aliphatic heterocycles. The summed E-state index contributed by atoms with van der Waals surface area (Å²) in [5, 5.41) is 5.76. The Morgan fingerprint density at radius 2 is 2.11 bits per heavy atom. The summed E-state index contributed by atoms with van der Waals surface area (Å²) in [5.74, 6) is -1.13. The van der Waals surface area contributed by atoms with Crippen LogP contribution in [0.25, 0.3) is 0 Å². The maximum atomic E-state index is 13.4. The number of amides is 1. The van der Waals surface area contributed by atoms with E-state index in [-0.39, 0.29) is 23.0 Å². The van der Waals surface area contributed by atoms with E-state index < -0.39 is 11.7 Å². The zero-order chi connectivity index (χ0) is 13.4. The Hall–Kier alpha value is -0.880. The van der Waals surface area contributed by atoms with Gasteiger partial charge in [0.2, 0.25) is 0 Å². The highest BCUT2D eigenvalue weighted by Crippen LogP contribution is 2.18. The van der Waals surface area contributed by atoms with Gasteiger partial charge in [-0.05, 0) is 12.1 Å². The summed E-state index contributed by atoms with van der Waals surface area (Å²) in [5.41, 5.74) is -0.115. The summed E-state index contributed by atoms with van der Waals surface area (Å²) in [6.45, 7) is 2.29. The summed E-state index contributed by atoms with van der Waals surface area (Å²) in [6, 6.07) is 4.15. The normalized spacial score (nSPS) is 9.84. The second kappa shape index (κ2) is 9.97. The first-order valence-electron chi connectivity index (χ1n) is 5.58. The van der Waals surface area contributed by atoms with Gasteiger partial charge in [0, 0.05) is 26.7 Å². The van der Waals surface area contributed by atoms with Gasteiger partial charge in [0.1, 0.15) is 5.82 Å². The van der Waals surface area contributed by atoms with Gasteiger partial charge in [-0.25, -0.2) is 4.39 Å². The first kappa shape index (κ1) is 18.1. The molecule has 1 aromatic carbocycles. The van der Waals surface area contributed by atoms with Crippen molar-refractivity contribution in [3.8, 4) is 0 Å². The molecular weight excluding hydrogens is 294 g/mol. The van der Waals surface area contributed by atoms with Crippen molar-refractivity contribution in [2.24, 2.45) is 0 Å². The van der Waals surface area contributed by atoms with E-state index in [2.05, 4.69) is 10.6 Å². The van der Waals surface area contributed by atoms with Gasteiger partial charge in [-0.2, -0.15) is 0 Å². The molecule has 0 aromatic heterocycles. The first-order valence-corrected chi connectivity index (χ1v) is 5.96. The van der Waals surface area contributed by atoms with Gasteiger partial charge in [-0.15, -0.1) is 12.4 Å². The number of halogens is 3. The molecule has 0 saturated carbocycles. The van der Waals surface area contributed by atoms with Crippen molar-refractivity contribution in [1.29, 1.82) is 0 Å². The second-order valence-corrected chi connectivity index (χ2v) is 4.00. The number of rotatable bonds is 7. The lowest BCUT2D eigenvalue weighted by molar-refractivity contribution is 0.0950. The van der Waals surface area contributed by atoms with Gasteiger partial charge in [-0.3, -0.25) is 4.79 Å². The number of carbonyl (C=O) groups excluding carboxylic acids is 1. The molecular formula is C12H17Cl2FN2O2. The van der Waals surface area contributed by atoms with Crippen LogP contribution in [0.2, 0.25) is 5.02 Å². The van der Waals surface area contributed by atoms with E-state index in [1.54, 1.807) is 7.11 Å². The average molecular weight is 311 g/mol. The molecule has 4 nitrogen and oxygen atoms in total. The molecule has 0 bridgehead atoms. The highest BCUT2D eigenvalue weighted by atomic mass is 35.5. The Morgan fingerprint density at radius 3 is 2.74 bits per heavy atom. The molecule has 1 amide bonds. The molecule has 0 spiro atoms. The third kappa shape index (κ3) is 6.20. The zero-order valence-corrected chi connectivity index (χ0v) is 12.1. The Kier molecular flexibility index (Phi) is 9.51. The summed E-state index contributed by atoms with van der Waals surface area (Å²) >= 11 is 5.77. The molecule has 1 rings (SSSR count). The number of ether oxygens (including phenoxy) is 1. The van der Waals surface area contributed by atoms with Crippen molar-refractivity contribution in [3.05, 3.63) is 34.6 Å². The number of benzene rings is 1. The maximum Gasteiger partial charge on any atom is 0.255 e. The summed E-state index contributed by atoms with van der Waals surface area (Å²) in [7, 11) is 1.61. The van der Waals surface area contributed by atoms with Gasteiger partial charge in [-0.1, -0.05) is 17.7 Å². The van der Waals surface area contributed by atoms with Crippen LogP contribution in [0.3, 0.4) is 0 Å². The largest absolute Gasteiger partial charge is 0.383 e. The molecule has 0 fully saturated rings. The van der Waals surface area contributed by atoms with Crippen LogP contribution >= 0.6 is 24.0 Å². The zero-order valence-electron chi connectivity index (χ0n) is 10.5. The van der Waals surface area contributed by atoms with Crippen LogP contribution in [-0.4, -0.2) is 39.3 Å². The number of nitrogens with one attached hydrogen (secondary N) is 2. The van der Waals surface area contributed by atoms with Gasteiger partial charge in [0.15, 0.2) is 0 Å². The van der Waals surface area contributed by atoms with Crippen molar-refractivity contribution >= 4 is 29.9 Å². The standard InChI is InChI=1S/C12H16ClFN2O2.ClH/c1-18-8-7-15-5-6-16-12(17)11-9(13)3-2-4-10(11)14;/h2-4,15H,5-8H2,1H3,(H,16,17);1H. The van der Waals surface area contributed by atoms with Crippen LogP contribution in [0.15, 0.2) is 18.2 Å². The lowest BCUT2D eigenvalue weighted by Crippen LogP contribution is -2.33. The molecule has 19 heavy (non-hydrogen) atoms. The number of methoxy groups -OCH3 is 1. The minimum atomic E-state index is -0.618. The van der Waals surface area contributed by atoms with Crippen molar-refractivity contribution < 1.29 is 13.9 Å². The van der Waals surface area contributed by atoms with Crippen LogP contribution in [0, 0.1) is 5.82 Å². The molecule has 1 aromatic rings. The molecule has 0 atom stereocenters. The van der Waals surface area contributed by atoms with E-state index in [1.807, 2.05) is 0 Å². The maximum absolute atomic E-state index is 13.4. The predicted molar refractivity (Wildman–Crippen MR) is 75.7 cm³/mol. The van der Waals surface area contributed by atoms with E-state index in [4.69, 9.17) is 16.3 Å². The number of carbonyl (C=O) groups is 1. The minimum absolute atomic E-state index is 0.